The van der Waals surface area contributed by atoms with Crippen molar-refractivity contribution < 1.29 is 9.53 Å². The van der Waals surface area contributed by atoms with Gasteiger partial charge < -0.3 is 10.1 Å². The molecule has 1 atom stereocenters. The van der Waals surface area contributed by atoms with Gasteiger partial charge in [0.2, 0.25) is 5.91 Å². The van der Waals surface area contributed by atoms with Crippen molar-refractivity contribution in [1.29, 1.82) is 0 Å². The highest BCUT2D eigenvalue weighted by Crippen LogP contribution is 2.22. The lowest BCUT2D eigenvalue weighted by Gasteiger charge is -2.17. The van der Waals surface area contributed by atoms with Crippen LogP contribution in [0.1, 0.15) is 36.3 Å². The van der Waals surface area contributed by atoms with Crippen molar-refractivity contribution in [1.82, 2.24) is 24.9 Å². The van der Waals surface area contributed by atoms with Crippen LogP contribution in [0.25, 0.3) is 16.6 Å². The topological polar surface area (TPSA) is 91.0 Å². The summed E-state index contributed by atoms with van der Waals surface area (Å²) < 4.78 is 8.18. The highest BCUT2D eigenvalue weighted by molar-refractivity contribution is 5.84. The first-order valence-corrected chi connectivity index (χ1v) is 10.9. The van der Waals surface area contributed by atoms with Crippen LogP contribution in [0.3, 0.4) is 0 Å². The number of aryl methyl sites for hydroxylation is 2. The molecule has 2 heterocycles. The Bertz CT molecular complexity index is 1340. The van der Waals surface area contributed by atoms with Crippen LogP contribution >= 0.6 is 0 Å². The lowest BCUT2D eigenvalue weighted by molar-refractivity contribution is -0.125. The van der Waals surface area contributed by atoms with Crippen molar-refractivity contribution in [2.75, 3.05) is 7.11 Å². The van der Waals surface area contributed by atoms with Crippen LogP contribution in [0.5, 0.6) is 5.75 Å². The number of ether oxygens (including phenoxy) is 1. The van der Waals surface area contributed by atoms with Crippen molar-refractivity contribution in [2.45, 2.75) is 39.8 Å². The Labute approximate surface area is 191 Å². The summed E-state index contributed by atoms with van der Waals surface area (Å²) in [7, 11) is 1.61. The van der Waals surface area contributed by atoms with Gasteiger partial charge in [-0.25, -0.2) is 9.36 Å². The van der Waals surface area contributed by atoms with Gasteiger partial charge in [0.15, 0.2) is 5.52 Å². The minimum absolute atomic E-state index is 0.263. The second kappa shape index (κ2) is 9.28. The molecule has 33 heavy (non-hydrogen) atoms. The average molecular weight is 446 g/mol. The van der Waals surface area contributed by atoms with Crippen molar-refractivity contribution in [3.05, 3.63) is 81.9 Å². The van der Waals surface area contributed by atoms with Crippen LogP contribution < -0.4 is 15.6 Å². The molecule has 1 N–H and O–H groups in total. The predicted molar refractivity (Wildman–Crippen MR) is 127 cm³/mol. The molecule has 8 nitrogen and oxygen atoms in total. The Morgan fingerprint density at radius 1 is 1.06 bits per heavy atom. The summed E-state index contributed by atoms with van der Waals surface area (Å²) in [4.78, 5) is 26.4. The molecular formula is C25H27N5O3. The summed E-state index contributed by atoms with van der Waals surface area (Å²) in [6.45, 7) is 5.96. The molecule has 0 aliphatic rings. The summed E-state index contributed by atoms with van der Waals surface area (Å²) in [6.07, 6.45) is 0.421. The Morgan fingerprint density at radius 2 is 1.76 bits per heavy atom. The van der Waals surface area contributed by atoms with Gasteiger partial charge in [-0.05, 0) is 50.1 Å². The molecule has 8 heteroatoms. The summed E-state index contributed by atoms with van der Waals surface area (Å²) in [5.74, 6) is 0.488. The number of nitrogens with one attached hydrogen (secondary N) is 1. The Kier molecular flexibility index (Phi) is 6.26. The molecule has 170 valence electrons. The monoisotopic (exact) mass is 445 g/mol. The number of methoxy groups -OCH3 is 1. The third-order valence-electron chi connectivity index (χ3n) is 5.76. The number of nitrogens with zero attached hydrogens (tertiary/aromatic N) is 4. The number of benzene rings is 2. The van der Waals surface area contributed by atoms with E-state index in [1.54, 1.807) is 11.8 Å². The van der Waals surface area contributed by atoms with Crippen molar-refractivity contribution in [3.8, 4) is 11.4 Å². The number of hydrogen-bond acceptors (Lipinski definition) is 5. The van der Waals surface area contributed by atoms with Crippen molar-refractivity contribution >= 4 is 16.8 Å². The van der Waals surface area contributed by atoms with E-state index >= 15 is 0 Å². The lowest BCUT2D eigenvalue weighted by Crippen LogP contribution is -2.38. The summed E-state index contributed by atoms with van der Waals surface area (Å²) in [5.41, 5.74) is 3.22. The maximum Gasteiger partial charge on any atom is 0.295 e. The van der Waals surface area contributed by atoms with Gasteiger partial charge >= 0.3 is 0 Å². The Morgan fingerprint density at radius 3 is 2.39 bits per heavy atom. The lowest BCUT2D eigenvalue weighted by atomic mass is 10.1. The van der Waals surface area contributed by atoms with E-state index in [4.69, 9.17) is 4.74 Å². The highest BCUT2D eigenvalue weighted by Gasteiger charge is 2.25. The van der Waals surface area contributed by atoms with Gasteiger partial charge in [0.25, 0.3) is 5.56 Å². The zero-order valence-electron chi connectivity index (χ0n) is 19.2. The molecule has 1 amide bonds. The normalized spacial score (nSPS) is 12.0. The highest BCUT2D eigenvalue weighted by atomic mass is 16.5. The fourth-order valence-corrected chi connectivity index (χ4v) is 4.00. The quantitative estimate of drug-likeness (QED) is 0.470. The molecular weight excluding hydrogens is 418 g/mol. The summed E-state index contributed by atoms with van der Waals surface area (Å²) >= 11 is 0. The number of fused-ring (bicyclic) bond motifs is 1. The fourth-order valence-electron chi connectivity index (χ4n) is 4.00. The molecule has 4 aromatic rings. The van der Waals surface area contributed by atoms with Gasteiger partial charge in [-0.2, -0.15) is 10.2 Å². The van der Waals surface area contributed by atoms with Crippen LogP contribution in [0.15, 0.2) is 59.4 Å². The van der Waals surface area contributed by atoms with Crippen molar-refractivity contribution in [2.24, 2.45) is 0 Å². The smallest absolute Gasteiger partial charge is 0.295 e. The van der Waals surface area contributed by atoms with Gasteiger partial charge in [0.1, 0.15) is 11.8 Å². The van der Waals surface area contributed by atoms with Gasteiger partial charge in [-0.15, -0.1) is 0 Å². The second-order valence-corrected chi connectivity index (χ2v) is 7.88. The molecule has 4 rings (SSSR count). The number of carbonyl (C=O) groups is 1. The fraction of sp³-hybridized carbons (Fsp3) is 0.280. The number of hydrogen-bond donors (Lipinski definition) is 1. The van der Waals surface area contributed by atoms with Crippen LogP contribution in [0.2, 0.25) is 0 Å². The zero-order valence-corrected chi connectivity index (χ0v) is 19.2. The number of aromatic nitrogens is 4. The van der Waals surface area contributed by atoms with E-state index in [2.05, 4.69) is 15.5 Å². The first-order valence-electron chi connectivity index (χ1n) is 10.9. The molecule has 0 aliphatic heterocycles. The Balaban J connectivity index is 1.66. The SMILES string of the molecule is CC[C@@H](C(=O)NCc1ccc(OC)cc1)n1nc(C)c2c(C)n(-c3ccccc3)nc2c1=O. The van der Waals surface area contributed by atoms with E-state index in [0.29, 0.717) is 29.6 Å². The molecule has 0 aliphatic carbocycles. The van der Waals surface area contributed by atoms with Crippen LogP contribution in [-0.4, -0.2) is 32.6 Å². The molecule has 0 radical (unpaired) electrons. The summed E-state index contributed by atoms with van der Waals surface area (Å²) in [5, 5.41) is 12.7. The molecule has 0 unspecified atom stereocenters. The maximum absolute atomic E-state index is 13.4. The molecule has 0 bridgehead atoms. The molecule has 2 aromatic heterocycles. The standard InChI is InChI=1S/C25H27N5O3/c1-5-21(24(31)26-15-18-11-13-20(33-4)14-12-18)30-25(32)23-22(16(2)27-30)17(3)29(28-23)19-9-7-6-8-10-19/h6-14,21H,5,15H2,1-4H3,(H,26,31)/t21-/m0/s1. The molecule has 0 saturated heterocycles. The van der Waals surface area contributed by atoms with Crippen molar-refractivity contribution in [3.63, 3.8) is 0 Å². The average Bonchev–Trinajstić information content (AvgIpc) is 3.20. The maximum atomic E-state index is 13.4. The number of para-hydroxylation sites is 1. The van der Waals surface area contributed by atoms with E-state index in [0.717, 1.165) is 22.7 Å². The summed E-state index contributed by atoms with van der Waals surface area (Å²) in [6, 6.07) is 16.4. The molecule has 0 spiro atoms. The van der Waals surface area contributed by atoms with Gasteiger partial charge in [-0.3, -0.25) is 9.59 Å². The van der Waals surface area contributed by atoms with E-state index in [-0.39, 0.29) is 11.5 Å². The van der Waals surface area contributed by atoms with Gasteiger partial charge in [-0.1, -0.05) is 37.3 Å². The third kappa shape index (κ3) is 4.24. The number of rotatable bonds is 7. The van der Waals surface area contributed by atoms with E-state index in [9.17, 15) is 9.59 Å². The Hall–Kier alpha value is -3.94. The van der Waals surface area contributed by atoms with Crippen LogP contribution in [0.4, 0.5) is 0 Å². The minimum Gasteiger partial charge on any atom is -0.497 e. The van der Waals surface area contributed by atoms with E-state index < -0.39 is 6.04 Å². The molecule has 2 aromatic carbocycles. The predicted octanol–water partition coefficient (Wildman–Crippen LogP) is 3.48. The first kappa shape index (κ1) is 22.3. The minimum atomic E-state index is -0.735. The number of carbonyl (C=O) groups excluding carboxylic acids is 1. The zero-order chi connectivity index (χ0) is 23.5. The van der Waals surface area contributed by atoms with Crippen LogP contribution in [-0.2, 0) is 11.3 Å². The number of amides is 1. The second-order valence-electron chi connectivity index (χ2n) is 7.88. The van der Waals surface area contributed by atoms with E-state index in [1.807, 2.05) is 75.4 Å². The van der Waals surface area contributed by atoms with Crippen LogP contribution in [0, 0.1) is 13.8 Å². The van der Waals surface area contributed by atoms with E-state index in [1.165, 1.54) is 4.68 Å². The first-order chi connectivity index (χ1) is 15.9. The van der Waals surface area contributed by atoms with Gasteiger partial charge in [0, 0.05) is 6.54 Å². The van der Waals surface area contributed by atoms with Gasteiger partial charge in [0.05, 0.1) is 29.6 Å². The molecule has 0 saturated carbocycles. The third-order valence-corrected chi connectivity index (χ3v) is 5.76. The largest absolute Gasteiger partial charge is 0.497 e. The molecule has 0 fully saturated rings.